The summed E-state index contributed by atoms with van der Waals surface area (Å²) in [5.74, 6) is -0.0659. The molecule has 0 atom stereocenters. The molecule has 0 aliphatic rings. The van der Waals surface area contributed by atoms with Crippen LogP contribution < -0.4 is 10.1 Å². The van der Waals surface area contributed by atoms with Gasteiger partial charge >= 0.3 is 5.97 Å². The van der Waals surface area contributed by atoms with Crippen LogP contribution in [0.1, 0.15) is 44.0 Å². The second-order valence-electron chi connectivity index (χ2n) is 7.68. The number of hydrogen-bond acceptors (Lipinski definition) is 3. The van der Waals surface area contributed by atoms with Gasteiger partial charge in [0, 0.05) is 30.0 Å². The first kappa shape index (κ1) is 21.7. The van der Waals surface area contributed by atoms with Crippen LogP contribution in [0.3, 0.4) is 0 Å². The molecule has 3 rings (SSSR count). The summed E-state index contributed by atoms with van der Waals surface area (Å²) in [5.41, 5.74) is 6.67. The van der Waals surface area contributed by atoms with Gasteiger partial charge in [-0.05, 0) is 57.0 Å². The molecule has 2 aromatic carbocycles. The van der Waals surface area contributed by atoms with Crippen molar-refractivity contribution in [1.82, 2.24) is 9.88 Å². The van der Waals surface area contributed by atoms with Gasteiger partial charge in [-0.1, -0.05) is 42.0 Å². The first-order valence-electron chi connectivity index (χ1n) is 10.2. The summed E-state index contributed by atoms with van der Waals surface area (Å²) < 4.78 is 7.31. The van der Waals surface area contributed by atoms with Gasteiger partial charge in [0.2, 0.25) is 0 Å². The summed E-state index contributed by atoms with van der Waals surface area (Å²) >= 11 is 0. The molecule has 0 amide bonds. The summed E-state index contributed by atoms with van der Waals surface area (Å²) in [6.07, 6.45) is 0.910. The van der Waals surface area contributed by atoms with Gasteiger partial charge in [0.25, 0.3) is 0 Å². The average Bonchev–Trinajstić information content (AvgIpc) is 2.97. The Morgan fingerprint density at radius 3 is 2.20 bits per heavy atom. The van der Waals surface area contributed by atoms with E-state index in [1.807, 2.05) is 38.1 Å². The fourth-order valence-electron chi connectivity index (χ4n) is 3.80. The number of carboxylic acids is 1. The molecule has 0 saturated carbocycles. The van der Waals surface area contributed by atoms with E-state index >= 15 is 0 Å². The van der Waals surface area contributed by atoms with E-state index in [1.54, 1.807) is 7.11 Å². The lowest BCUT2D eigenvalue weighted by molar-refractivity contribution is 0.0694. The van der Waals surface area contributed by atoms with Crippen molar-refractivity contribution in [2.24, 2.45) is 0 Å². The summed E-state index contributed by atoms with van der Waals surface area (Å²) in [7, 11) is 1.65. The lowest BCUT2D eigenvalue weighted by Gasteiger charge is -2.11. The van der Waals surface area contributed by atoms with Crippen LogP contribution in [0.4, 0.5) is 0 Å². The quantitative estimate of drug-likeness (QED) is 0.514. The Kier molecular flexibility index (Phi) is 6.95. The highest BCUT2D eigenvalue weighted by molar-refractivity contribution is 5.91. The third kappa shape index (κ3) is 4.92. The highest BCUT2D eigenvalue weighted by Crippen LogP contribution is 2.24. The van der Waals surface area contributed by atoms with Crippen molar-refractivity contribution in [3.8, 4) is 5.75 Å². The molecule has 1 heterocycles. The van der Waals surface area contributed by atoms with Crippen LogP contribution in [0.15, 0.2) is 48.5 Å². The zero-order valence-electron chi connectivity index (χ0n) is 18.2. The van der Waals surface area contributed by atoms with Crippen LogP contribution in [0.2, 0.25) is 0 Å². The van der Waals surface area contributed by atoms with Crippen LogP contribution in [0, 0.1) is 20.8 Å². The molecule has 5 heteroatoms. The minimum Gasteiger partial charge on any atom is -0.497 e. The molecule has 0 bridgehead atoms. The van der Waals surface area contributed by atoms with Crippen molar-refractivity contribution in [3.05, 3.63) is 87.7 Å². The van der Waals surface area contributed by atoms with Crippen molar-refractivity contribution >= 4 is 5.97 Å². The Balaban J connectivity index is 1.73. The Morgan fingerprint density at radius 2 is 1.60 bits per heavy atom. The third-order valence-electron chi connectivity index (χ3n) is 5.64. The molecule has 0 radical (unpaired) electrons. The van der Waals surface area contributed by atoms with Crippen LogP contribution >= 0.6 is 0 Å². The number of carbonyl (C=O) groups is 1. The average molecular weight is 407 g/mol. The molecule has 158 valence electrons. The van der Waals surface area contributed by atoms with Gasteiger partial charge in [0.05, 0.1) is 12.7 Å². The molecule has 5 nitrogen and oxygen atoms in total. The standard InChI is InChI=1S/C25H30N2O3/c1-17-5-7-20(8-6-17)13-14-26-15-23-18(2)27(19(3)24(23)25(28)29)16-21-9-11-22(30-4)12-10-21/h5-12,26H,13-16H2,1-4H3,(H,28,29). The molecule has 0 aliphatic heterocycles. The molecule has 3 aromatic rings. The number of carboxylic acid groups (broad SMARTS) is 1. The Hall–Kier alpha value is -3.05. The van der Waals surface area contributed by atoms with Crippen molar-refractivity contribution < 1.29 is 14.6 Å². The molecule has 0 unspecified atom stereocenters. The largest absolute Gasteiger partial charge is 0.497 e. The van der Waals surface area contributed by atoms with Gasteiger partial charge in [0.15, 0.2) is 0 Å². The van der Waals surface area contributed by atoms with Crippen molar-refractivity contribution in [2.75, 3.05) is 13.7 Å². The van der Waals surface area contributed by atoms with Crippen LogP contribution in [0.25, 0.3) is 0 Å². The van der Waals surface area contributed by atoms with Gasteiger partial charge in [-0.15, -0.1) is 0 Å². The van der Waals surface area contributed by atoms with Gasteiger partial charge in [-0.2, -0.15) is 0 Å². The highest BCUT2D eigenvalue weighted by Gasteiger charge is 2.22. The minimum absolute atomic E-state index is 0.406. The van der Waals surface area contributed by atoms with Crippen LogP contribution in [-0.4, -0.2) is 29.3 Å². The van der Waals surface area contributed by atoms with Crippen molar-refractivity contribution in [1.29, 1.82) is 0 Å². The first-order valence-corrected chi connectivity index (χ1v) is 10.2. The second kappa shape index (κ2) is 9.63. The van der Waals surface area contributed by atoms with E-state index in [0.29, 0.717) is 18.7 Å². The number of nitrogens with zero attached hydrogens (tertiary/aromatic N) is 1. The Bertz CT molecular complexity index is 1000. The van der Waals surface area contributed by atoms with E-state index in [0.717, 1.165) is 41.2 Å². The molecule has 1 aromatic heterocycles. The predicted octanol–water partition coefficient (Wildman–Crippen LogP) is 4.50. The number of rotatable bonds is 9. The lowest BCUT2D eigenvalue weighted by atomic mass is 10.1. The summed E-state index contributed by atoms with van der Waals surface area (Å²) in [4.78, 5) is 12.0. The zero-order chi connectivity index (χ0) is 21.7. The number of aromatic nitrogens is 1. The van der Waals surface area contributed by atoms with E-state index in [4.69, 9.17) is 4.74 Å². The molecule has 0 spiro atoms. The van der Waals surface area contributed by atoms with E-state index in [1.165, 1.54) is 11.1 Å². The minimum atomic E-state index is -0.876. The number of benzene rings is 2. The van der Waals surface area contributed by atoms with E-state index in [9.17, 15) is 9.90 Å². The van der Waals surface area contributed by atoms with Crippen molar-refractivity contribution in [3.63, 3.8) is 0 Å². The molecule has 0 saturated heterocycles. The molecule has 2 N–H and O–H groups in total. The van der Waals surface area contributed by atoms with E-state index in [-0.39, 0.29) is 0 Å². The fraction of sp³-hybridized carbons (Fsp3) is 0.320. The SMILES string of the molecule is COc1ccc(Cn2c(C)c(CNCCc3ccc(C)cc3)c(C(=O)O)c2C)cc1. The third-order valence-corrected chi connectivity index (χ3v) is 5.64. The van der Waals surface area contributed by atoms with E-state index in [2.05, 4.69) is 41.1 Å². The van der Waals surface area contributed by atoms with Crippen LogP contribution in [0.5, 0.6) is 5.75 Å². The normalized spacial score (nSPS) is 10.9. The molecule has 0 aliphatic carbocycles. The van der Waals surface area contributed by atoms with Gasteiger partial charge in [-0.3, -0.25) is 0 Å². The van der Waals surface area contributed by atoms with Gasteiger partial charge < -0.3 is 19.7 Å². The zero-order valence-corrected chi connectivity index (χ0v) is 18.2. The molecular weight excluding hydrogens is 376 g/mol. The molecule has 0 fully saturated rings. The fourth-order valence-corrected chi connectivity index (χ4v) is 3.80. The van der Waals surface area contributed by atoms with Gasteiger partial charge in [0.1, 0.15) is 5.75 Å². The highest BCUT2D eigenvalue weighted by atomic mass is 16.5. The number of aryl methyl sites for hydroxylation is 1. The molecular formula is C25H30N2O3. The summed E-state index contributed by atoms with van der Waals surface area (Å²) in [6.45, 7) is 7.93. The number of nitrogens with one attached hydrogen (secondary N) is 1. The summed E-state index contributed by atoms with van der Waals surface area (Å²) in [5, 5.41) is 13.2. The maximum absolute atomic E-state index is 12.0. The van der Waals surface area contributed by atoms with Crippen molar-refractivity contribution in [2.45, 2.75) is 40.3 Å². The van der Waals surface area contributed by atoms with Crippen LogP contribution in [-0.2, 0) is 19.5 Å². The predicted molar refractivity (Wildman–Crippen MR) is 120 cm³/mol. The molecule has 30 heavy (non-hydrogen) atoms. The van der Waals surface area contributed by atoms with Gasteiger partial charge in [-0.25, -0.2) is 4.79 Å². The monoisotopic (exact) mass is 406 g/mol. The summed E-state index contributed by atoms with van der Waals surface area (Å²) in [6, 6.07) is 16.4. The van der Waals surface area contributed by atoms with E-state index < -0.39 is 5.97 Å². The number of hydrogen-bond donors (Lipinski definition) is 2. The maximum Gasteiger partial charge on any atom is 0.337 e. The first-order chi connectivity index (χ1) is 14.4. The number of ether oxygens (including phenoxy) is 1. The smallest absolute Gasteiger partial charge is 0.337 e. The second-order valence-corrected chi connectivity index (χ2v) is 7.68. The lowest BCUT2D eigenvalue weighted by Crippen LogP contribution is -2.18. The Morgan fingerprint density at radius 1 is 0.967 bits per heavy atom. The topological polar surface area (TPSA) is 63.5 Å². The number of methoxy groups -OCH3 is 1. The Labute approximate surface area is 178 Å². The maximum atomic E-state index is 12.0. The number of aromatic carboxylic acids is 1.